The molecule has 2 aromatic carbocycles. The third kappa shape index (κ3) is 4.58. The largest absolute Gasteiger partial charge is 0.496 e. The lowest BCUT2D eigenvalue weighted by Gasteiger charge is -2.23. The van der Waals surface area contributed by atoms with Crippen LogP contribution in [-0.4, -0.2) is 36.8 Å². The van der Waals surface area contributed by atoms with Gasteiger partial charge in [0, 0.05) is 16.1 Å². The van der Waals surface area contributed by atoms with Crippen LogP contribution in [-0.2, 0) is 31.0 Å². The van der Waals surface area contributed by atoms with Crippen LogP contribution in [0.25, 0.3) is 0 Å². The van der Waals surface area contributed by atoms with Crippen molar-refractivity contribution in [1.82, 2.24) is 0 Å². The number of benzene rings is 2. The summed E-state index contributed by atoms with van der Waals surface area (Å²) in [5, 5.41) is 8.68. The van der Waals surface area contributed by atoms with E-state index < -0.39 is 66.1 Å². The van der Waals surface area contributed by atoms with E-state index in [1.165, 1.54) is 19.2 Å². The molecule has 176 valence electrons. The average molecular weight is 490 g/mol. The van der Waals surface area contributed by atoms with E-state index in [1.54, 1.807) is 0 Å². The maximum absolute atomic E-state index is 16.5. The van der Waals surface area contributed by atoms with Gasteiger partial charge in [0.1, 0.15) is 5.75 Å². The van der Waals surface area contributed by atoms with Crippen molar-refractivity contribution in [3.8, 4) is 5.75 Å². The number of ether oxygens (including phenoxy) is 2. The molecule has 1 atom stereocenters. The van der Waals surface area contributed by atoms with Crippen molar-refractivity contribution in [3.05, 3.63) is 58.1 Å². The van der Waals surface area contributed by atoms with Crippen LogP contribution in [0.15, 0.2) is 36.4 Å². The Labute approximate surface area is 189 Å². The molecule has 1 amide bonds. The van der Waals surface area contributed by atoms with E-state index in [0.717, 1.165) is 12.1 Å². The summed E-state index contributed by atoms with van der Waals surface area (Å²) >= 11 is 5.96. The molecule has 1 heterocycles. The summed E-state index contributed by atoms with van der Waals surface area (Å²) in [4.78, 5) is 36.1. The van der Waals surface area contributed by atoms with Crippen LogP contribution in [0.2, 0.25) is 5.02 Å². The highest BCUT2D eigenvalue weighted by molar-refractivity contribution is 6.30. The van der Waals surface area contributed by atoms with Gasteiger partial charge in [0.2, 0.25) is 5.67 Å². The van der Waals surface area contributed by atoms with Gasteiger partial charge in [-0.25, -0.2) is 4.39 Å². The van der Waals surface area contributed by atoms with Crippen molar-refractivity contribution in [2.75, 3.05) is 18.7 Å². The monoisotopic (exact) mass is 489 g/mol. The Balaban J connectivity index is 2.08. The minimum absolute atomic E-state index is 0.0441. The number of halogens is 5. The number of amides is 1. The molecule has 33 heavy (non-hydrogen) atoms. The highest BCUT2D eigenvalue weighted by Crippen LogP contribution is 2.51. The highest BCUT2D eigenvalue weighted by atomic mass is 35.5. The SMILES string of the molecule is COc1ccc(Cl)cc1C1(F)C(=O)N(COC(=O)CCC(=O)O)c2cc(C(F)(F)F)ccc21. The lowest BCUT2D eigenvalue weighted by Crippen LogP contribution is -2.40. The molecular weight excluding hydrogens is 474 g/mol. The van der Waals surface area contributed by atoms with Gasteiger partial charge in [0.15, 0.2) is 6.73 Å². The molecule has 0 spiro atoms. The molecule has 0 saturated carbocycles. The van der Waals surface area contributed by atoms with E-state index in [1.807, 2.05) is 0 Å². The van der Waals surface area contributed by atoms with E-state index in [9.17, 15) is 27.6 Å². The second kappa shape index (κ2) is 8.89. The first kappa shape index (κ1) is 24.3. The van der Waals surface area contributed by atoms with Gasteiger partial charge in [-0.05, 0) is 30.3 Å². The Kier molecular flexibility index (Phi) is 6.55. The molecule has 1 unspecified atom stereocenters. The third-order valence-corrected chi connectivity index (χ3v) is 5.19. The van der Waals surface area contributed by atoms with Gasteiger partial charge in [-0.1, -0.05) is 17.7 Å². The molecule has 3 rings (SSSR count). The minimum atomic E-state index is -4.79. The molecule has 2 aromatic rings. The maximum Gasteiger partial charge on any atom is 0.416 e. The number of hydrogen-bond donors (Lipinski definition) is 1. The van der Waals surface area contributed by atoms with Gasteiger partial charge in [-0.15, -0.1) is 0 Å². The van der Waals surface area contributed by atoms with E-state index in [4.69, 9.17) is 26.2 Å². The first-order chi connectivity index (χ1) is 15.4. The summed E-state index contributed by atoms with van der Waals surface area (Å²) in [5.74, 6) is -3.72. The van der Waals surface area contributed by atoms with Crippen LogP contribution in [0.4, 0.5) is 23.2 Å². The summed E-state index contributed by atoms with van der Waals surface area (Å²) in [6, 6.07) is 5.80. The van der Waals surface area contributed by atoms with Crippen molar-refractivity contribution in [2.24, 2.45) is 0 Å². The Bertz CT molecular complexity index is 1120. The average Bonchev–Trinajstić information content (AvgIpc) is 2.97. The van der Waals surface area contributed by atoms with Crippen LogP contribution >= 0.6 is 11.6 Å². The zero-order chi connectivity index (χ0) is 24.6. The Morgan fingerprint density at radius 3 is 2.42 bits per heavy atom. The summed E-state index contributed by atoms with van der Waals surface area (Å²) in [6.07, 6.45) is -5.90. The number of carbonyl (C=O) groups excluding carboxylic acids is 2. The number of carbonyl (C=O) groups is 3. The molecule has 1 N–H and O–H groups in total. The molecule has 7 nitrogen and oxygen atoms in total. The fourth-order valence-corrected chi connectivity index (χ4v) is 3.56. The van der Waals surface area contributed by atoms with Crippen LogP contribution < -0.4 is 9.64 Å². The molecule has 0 aromatic heterocycles. The molecule has 0 fully saturated rings. The second-order valence-electron chi connectivity index (χ2n) is 7.01. The van der Waals surface area contributed by atoms with Crippen molar-refractivity contribution < 1.29 is 46.5 Å². The van der Waals surface area contributed by atoms with E-state index >= 15 is 4.39 Å². The Morgan fingerprint density at radius 1 is 1.12 bits per heavy atom. The van der Waals surface area contributed by atoms with Gasteiger partial charge >= 0.3 is 18.1 Å². The van der Waals surface area contributed by atoms with Gasteiger partial charge < -0.3 is 14.6 Å². The van der Waals surface area contributed by atoms with Gasteiger partial charge in [0.05, 0.1) is 31.2 Å². The molecule has 0 radical (unpaired) electrons. The minimum Gasteiger partial charge on any atom is -0.496 e. The predicted molar refractivity (Wildman–Crippen MR) is 107 cm³/mol. The fourth-order valence-electron chi connectivity index (χ4n) is 3.39. The number of anilines is 1. The predicted octanol–water partition coefficient (Wildman–Crippen LogP) is 4.29. The number of hydrogen-bond acceptors (Lipinski definition) is 5. The number of alkyl halides is 4. The number of aliphatic carboxylic acids is 1. The molecule has 0 saturated heterocycles. The third-order valence-electron chi connectivity index (χ3n) is 4.96. The summed E-state index contributed by atoms with van der Waals surface area (Å²) < 4.78 is 66.3. The summed E-state index contributed by atoms with van der Waals surface area (Å²) in [5.41, 5.74) is -5.39. The molecular formula is C21H16ClF4NO6. The van der Waals surface area contributed by atoms with E-state index in [-0.39, 0.29) is 16.3 Å². The number of esters is 1. The van der Waals surface area contributed by atoms with Crippen molar-refractivity contribution >= 4 is 35.1 Å². The van der Waals surface area contributed by atoms with Crippen molar-refractivity contribution in [3.63, 3.8) is 0 Å². The number of carboxylic acid groups (broad SMARTS) is 1. The van der Waals surface area contributed by atoms with Gasteiger partial charge in [-0.2, -0.15) is 13.2 Å². The summed E-state index contributed by atoms with van der Waals surface area (Å²) in [7, 11) is 1.21. The van der Waals surface area contributed by atoms with Crippen LogP contribution in [0.3, 0.4) is 0 Å². The van der Waals surface area contributed by atoms with E-state index in [0.29, 0.717) is 17.0 Å². The zero-order valence-corrected chi connectivity index (χ0v) is 17.7. The molecule has 0 bridgehead atoms. The normalized spacial score (nSPS) is 17.6. The standard InChI is InChI=1S/C21H16ClF4NO6/c1-32-16-5-3-12(22)9-14(16)20(23)13-4-2-11(21(24,25)26)8-15(13)27(19(20)31)10-33-18(30)7-6-17(28)29/h2-5,8-9H,6-7,10H2,1H3,(H,28,29). The van der Waals surface area contributed by atoms with Gasteiger partial charge in [-0.3, -0.25) is 19.3 Å². The Hall–Kier alpha value is -3.34. The van der Waals surface area contributed by atoms with Gasteiger partial charge in [0.25, 0.3) is 5.91 Å². The lowest BCUT2D eigenvalue weighted by molar-refractivity contribution is -0.148. The Morgan fingerprint density at radius 2 is 1.82 bits per heavy atom. The number of rotatable bonds is 7. The van der Waals surface area contributed by atoms with Crippen LogP contribution in [0.1, 0.15) is 29.5 Å². The van der Waals surface area contributed by atoms with E-state index in [2.05, 4.69) is 0 Å². The zero-order valence-electron chi connectivity index (χ0n) is 16.9. The van der Waals surface area contributed by atoms with Crippen molar-refractivity contribution in [1.29, 1.82) is 0 Å². The smallest absolute Gasteiger partial charge is 0.416 e. The number of carboxylic acids is 1. The molecule has 1 aliphatic heterocycles. The topological polar surface area (TPSA) is 93.1 Å². The summed E-state index contributed by atoms with van der Waals surface area (Å²) in [6.45, 7) is -0.930. The lowest BCUT2D eigenvalue weighted by atomic mass is 9.88. The molecule has 12 heteroatoms. The number of methoxy groups -OCH3 is 1. The first-order valence-electron chi connectivity index (χ1n) is 9.33. The second-order valence-corrected chi connectivity index (χ2v) is 7.44. The van der Waals surface area contributed by atoms with Crippen LogP contribution in [0, 0.1) is 0 Å². The fraction of sp³-hybridized carbons (Fsp3) is 0.286. The van der Waals surface area contributed by atoms with Crippen LogP contribution in [0.5, 0.6) is 5.75 Å². The number of nitrogens with zero attached hydrogens (tertiary/aromatic N) is 1. The first-order valence-corrected chi connectivity index (χ1v) is 9.71. The van der Waals surface area contributed by atoms with Crippen molar-refractivity contribution in [2.45, 2.75) is 24.7 Å². The number of fused-ring (bicyclic) bond motifs is 1. The maximum atomic E-state index is 16.5. The quantitative estimate of drug-likeness (QED) is 0.460. The highest BCUT2D eigenvalue weighted by Gasteiger charge is 2.55. The molecule has 0 aliphatic carbocycles. The molecule has 1 aliphatic rings.